The van der Waals surface area contributed by atoms with Crippen LogP contribution >= 0.6 is 0 Å². The molecular formula is C17H18O6. The van der Waals surface area contributed by atoms with Gasteiger partial charge in [0.1, 0.15) is 28.8 Å². The van der Waals surface area contributed by atoms with E-state index in [-0.39, 0.29) is 0 Å². The second-order valence-electron chi connectivity index (χ2n) is 5.79. The highest BCUT2D eigenvalue weighted by Gasteiger charge is 2.38. The molecule has 0 fully saturated rings. The molecule has 1 aromatic heterocycles. The smallest absolute Gasteiger partial charge is 0.336 e. The van der Waals surface area contributed by atoms with Gasteiger partial charge in [0, 0.05) is 11.5 Å². The fourth-order valence-electron chi connectivity index (χ4n) is 2.52. The summed E-state index contributed by atoms with van der Waals surface area (Å²) in [5.74, 6) is 1.05. The lowest BCUT2D eigenvalue weighted by atomic mass is 10.0. The van der Waals surface area contributed by atoms with Crippen LogP contribution in [-0.4, -0.2) is 30.2 Å². The van der Waals surface area contributed by atoms with Gasteiger partial charge in [-0.15, -0.1) is 0 Å². The average molecular weight is 318 g/mol. The van der Waals surface area contributed by atoms with E-state index in [1.807, 2.05) is 13.8 Å². The van der Waals surface area contributed by atoms with E-state index in [0.717, 1.165) is 5.39 Å². The topological polar surface area (TPSA) is 78.1 Å². The molecule has 0 bridgehead atoms. The molecular weight excluding hydrogens is 300 g/mol. The largest absolute Gasteiger partial charge is 0.498 e. The molecule has 122 valence electrons. The lowest BCUT2D eigenvalue weighted by Gasteiger charge is -2.37. The van der Waals surface area contributed by atoms with Gasteiger partial charge in [0.25, 0.3) is 0 Å². The minimum absolute atomic E-state index is 0.406. The Labute approximate surface area is 132 Å². The number of ether oxygens (including phenoxy) is 3. The molecule has 1 N–H and O–H groups in total. The van der Waals surface area contributed by atoms with Gasteiger partial charge in [-0.3, -0.25) is 0 Å². The standard InChI is InChI=1S/C17H18O6/c1-17(2)14(20-3)9-12(18)16(23-17)21-11-5-6-13-10(8-11)4-7-15(19)22-13/h4-9,12,16,18H,1-3H3/t12-,16?/m0/s1. The Kier molecular flexibility index (Phi) is 3.87. The molecule has 23 heavy (non-hydrogen) atoms. The zero-order chi connectivity index (χ0) is 16.6. The van der Waals surface area contributed by atoms with Crippen LogP contribution < -0.4 is 10.4 Å². The normalized spacial score (nSPS) is 23.4. The summed E-state index contributed by atoms with van der Waals surface area (Å²) in [5, 5.41) is 10.9. The van der Waals surface area contributed by atoms with Crippen LogP contribution in [0.1, 0.15) is 13.8 Å². The Morgan fingerprint density at radius 2 is 2.00 bits per heavy atom. The van der Waals surface area contributed by atoms with E-state index in [9.17, 15) is 9.90 Å². The molecule has 0 spiro atoms. The molecule has 0 amide bonds. The number of benzene rings is 1. The van der Waals surface area contributed by atoms with E-state index in [1.165, 1.54) is 13.2 Å². The quantitative estimate of drug-likeness (QED) is 0.874. The Balaban J connectivity index is 1.86. The van der Waals surface area contributed by atoms with E-state index >= 15 is 0 Å². The molecule has 0 radical (unpaired) electrons. The van der Waals surface area contributed by atoms with Gasteiger partial charge in [0.2, 0.25) is 6.29 Å². The van der Waals surface area contributed by atoms with Crippen molar-refractivity contribution in [3.8, 4) is 5.75 Å². The maximum Gasteiger partial charge on any atom is 0.336 e. The van der Waals surface area contributed by atoms with Crippen LogP contribution in [0.4, 0.5) is 0 Å². The number of hydrogen-bond acceptors (Lipinski definition) is 6. The number of aliphatic hydroxyl groups is 1. The Bertz CT molecular complexity index is 804. The SMILES string of the molecule is COC1=C[C@H](O)C(Oc2ccc3oc(=O)ccc3c2)OC1(C)C. The first kappa shape index (κ1) is 15.6. The molecule has 1 unspecified atom stereocenters. The average Bonchev–Trinajstić information content (AvgIpc) is 2.50. The number of aliphatic hydroxyl groups excluding tert-OH is 1. The molecule has 6 nitrogen and oxygen atoms in total. The van der Waals surface area contributed by atoms with E-state index < -0.39 is 23.6 Å². The van der Waals surface area contributed by atoms with E-state index in [2.05, 4.69) is 0 Å². The van der Waals surface area contributed by atoms with E-state index in [4.69, 9.17) is 18.6 Å². The third kappa shape index (κ3) is 3.09. The molecule has 2 heterocycles. The summed E-state index contributed by atoms with van der Waals surface area (Å²) in [6, 6.07) is 8.01. The summed E-state index contributed by atoms with van der Waals surface area (Å²) in [5.41, 5.74) is -0.643. The van der Waals surface area contributed by atoms with Gasteiger partial charge >= 0.3 is 5.63 Å². The maximum absolute atomic E-state index is 11.2. The predicted octanol–water partition coefficient (Wildman–Crippen LogP) is 2.20. The molecule has 2 atom stereocenters. The first-order chi connectivity index (χ1) is 10.9. The first-order valence-electron chi connectivity index (χ1n) is 7.22. The van der Waals surface area contributed by atoms with Crippen molar-refractivity contribution in [3.05, 3.63) is 52.6 Å². The fourth-order valence-corrected chi connectivity index (χ4v) is 2.52. The zero-order valence-corrected chi connectivity index (χ0v) is 13.1. The third-order valence-electron chi connectivity index (χ3n) is 3.67. The van der Waals surface area contributed by atoms with Crippen molar-refractivity contribution in [1.29, 1.82) is 0 Å². The van der Waals surface area contributed by atoms with E-state index in [1.54, 1.807) is 30.3 Å². The zero-order valence-electron chi connectivity index (χ0n) is 13.1. The molecule has 0 saturated carbocycles. The van der Waals surface area contributed by atoms with Crippen molar-refractivity contribution in [2.45, 2.75) is 31.8 Å². The molecule has 0 saturated heterocycles. The third-order valence-corrected chi connectivity index (χ3v) is 3.67. The fraction of sp³-hybridized carbons (Fsp3) is 0.353. The van der Waals surface area contributed by atoms with Crippen molar-refractivity contribution in [2.75, 3.05) is 7.11 Å². The van der Waals surface area contributed by atoms with Crippen LogP contribution in [0.2, 0.25) is 0 Å². The Hall–Kier alpha value is -2.31. The van der Waals surface area contributed by atoms with Crippen LogP contribution in [0.5, 0.6) is 5.75 Å². The highest BCUT2D eigenvalue weighted by molar-refractivity contribution is 5.77. The maximum atomic E-state index is 11.2. The summed E-state index contributed by atoms with van der Waals surface area (Å²) >= 11 is 0. The monoisotopic (exact) mass is 318 g/mol. The van der Waals surface area contributed by atoms with Gasteiger partial charge in [0.15, 0.2) is 0 Å². The lowest BCUT2D eigenvalue weighted by molar-refractivity contribution is -0.202. The second kappa shape index (κ2) is 5.72. The van der Waals surface area contributed by atoms with Crippen LogP contribution in [0.3, 0.4) is 0 Å². The first-order valence-corrected chi connectivity index (χ1v) is 7.22. The molecule has 3 rings (SSSR count). The van der Waals surface area contributed by atoms with Gasteiger partial charge < -0.3 is 23.7 Å². The molecule has 1 aromatic carbocycles. The summed E-state index contributed by atoms with van der Waals surface area (Å²) in [6.07, 6.45) is -0.242. The highest BCUT2D eigenvalue weighted by Crippen LogP contribution is 2.31. The summed E-state index contributed by atoms with van der Waals surface area (Å²) < 4.78 is 21.8. The number of fused-ring (bicyclic) bond motifs is 1. The minimum Gasteiger partial charge on any atom is -0.498 e. The molecule has 1 aliphatic heterocycles. The molecule has 0 aliphatic carbocycles. The number of hydrogen-bond donors (Lipinski definition) is 1. The Morgan fingerprint density at radius 3 is 2.74 bits per heavy atom. The van der Waals surface area contributed by atoms with Crippen molar-refractivity contribution in [3.63, 3.8) is 0 Å². The van der Waals surface area contributed by atoms with Crippen molar-refractivity contribution in [2.24, 2.45) is 0 Å². The van der Waals surface area contributed by atoms with Gasteiger partial charge in [0.05, 0.1) is 7.11 Å². The van der Waals surface area contributed by atoms with Crippen LogP contribution in [-0.2, 0) is 9.47 Å². The summed E-state index contributed by atoms with van der Waals surface area (Å²) in [6.45, 7) is 3.67. The lowest BCUT2D eigenvalue weighted by Crippen LogP contribution is -2.46. The molecule has 1 aliphatic rings. The minimum atomic E-state index is -0.956. The van der Waals surface area contributed by atoms with Gasteiger partial charge in [-0.25, -0.2) is 4.79 Å². The predicted molar refractivity (Wildman–Crippen MR) is 83.2 cm³/mol. The van der Waals surface area contributed by atoms with Crippen molar-refractivity contribution < 1.29 is 23.7 Å². The second-order valence-corrected chi connectivity index (χ2v) is 5.79. The van der Waals surface area contributed by atoms with Crippen molar-refractivity contribution >= 4 is 11.0 Å². The molecule has 6 heteroatoms. The van der Waals surface area contributed by atoms with Crippen molar-refractivity contribution in [1.82, 2.24) is 0 Å². The van der Waals surface area contributed by atoms with Crippen LogP contribution in [0.15, 0.2) is 51.4 Å². The van der Waals surface area contributed by atoms with Gasteiger partial charge in [-0.2, -0.15) is 0 Å². The number of rotatable bonds is 3. The van der Waals surface area contributed by atoms with Crippen LogP contribution in [0, 0.1) is 0 Å². The number of methoxy groups -OCH3 is 1. The van der Waals surface area contributed by atoms with Crippen LogP contribution in [0.25, 0.3) is 11.0 Å². The summed E-state index contributed by atoms with van der Waals surface area (Å²) in [4.78, 5) is 11.2. The van der Waals surface area contributed by atoms with Gasteiger partial charge in [-0.1, -0.05) is 0 Å². The highest BCUT2D eigenvalue weighted by atomic mass is 16.7. The molecule has 2 aromatic rings. The summed E-state index contributed by atoms with van der Waals surface area (Å²) in [7, 11) is 1.53. The van der Waals surface area contributed by atoms with E-state index in [0.29, 0.717) is 17.1 Å². The van der Waals surface area contributed by atoms with Gasteiger partial charge in [-0.05, 0) is 44.2 Å². The Morgan fingerprint density at radius 1 is 1.22 bits per heavy atom.